The number of rotatable bonds is 4. The molecule has 5 heteroatoms. The van der Waals surface area contributed by atoms with Gasteiger partial charge in [0.2, 0.25) is 5.88 Å². The Kier molecular flexibility index (Phi) is 6.21. The van der Waals surface area contributed by atoms with Crippen molar-refractivity contribution in [3.05, 3.63) is 106 Å². The van der Waals surface area contributed by atoms with Gasteiger partial charge >= 0.3 is 6.03 Å². The zero-order valence-corrected chi connectivity index (χ0v) is 22.5. The summed E-state index contributed by atoms with van der Waals surface area (Å²) in [4.78, 5) is 13.1. The monoisotopic (exact) mass is 520 g/mol. The fraction of sp³-hybridized carbons (Fsp3) is 0.182. The largest absolute Gasteiger partial charge is 0.440 e. The number of nitrogens with one attached hydrogen (secondary N) is 2. The lowest BCUT2D eigenvalue weighted by atomic mass is 9.94. The Morgan fingerprint density at radius 3 is 2.21 bits per heavy atom. The van der Waals surface area contributed by atoms with Crippen molar-refractivity contribution in [2.45, 2.75) is 40.0 Å². The fourth-order valence-corrected chi connectivity index (χ4v) is 6.04. The van der Waals surface area contributed by atoms with Crippen molar-refractivity contribution >= 4 is 40.2 Å². The van der Waals surface area contributed by atoms with E-state index in [2.05, 4.69) is 55.7 Å². The van der Waals surface area contributed by atoms with Crippen LogP contribution in [-0.4, -0.2) is 6.03 Å². The Labute approximate surface area is 227 Å². The van der Waals surface area contributed by atoms with Gasteiger partial charge in [-0.25, -0.2) is 4.79 Å². The Balaban J connectivity index is 1.29. The number of carbonyl (C=O) groups excluding carboxylic acids is 1. The predicted octanol–water partition coefficient (Wildman–Crippen LogP) is 9.48. The van der Waals surface area contributed by atoms with Gasteiger partial charge in [0.05, 0.1) is 5.56 Å². The summed E-state index contributed by atoms with van der Waals surface area (Å²) < 4.78 is 6.22. The number of furan rings is 1. The van der Waals surface area contributed by atoms with E-state index in [-0.39, 0.29) is 6.03 Å². The molecule has 0 atom stereocenters. The SMILES string of the molecule is Cc1cc(C)c(-c2ccc(NC(=O)Nc3oc4cc5c(cc4c3-c3ccccc3Cl)CCC5)cc2)c(C)c1. The van der Waals surface area contributed by atoms with Crippen molar-refractivity contribution in [1.82, 2.24) is 0 Å². The summed E-state index contributed by atoms with van der Waals surface area (Å²) in [7, 11) is 0. The molecule has 0 fully saturated rings. The van der Waals surface area contributed by atoms with Gasteiger partial charge in [-0.15, -0.1) is 0 Å². The lowest BCUT2D eigenvalue weighted by molar-refractivity contribution is 0.261. The first-order valence-corrected chi connectivity index (χ1v) is 13.3. The molecular formula is C33H29ClN2O2. The van der Waals surface area contributed by atoms with Gasteiger partial charge in [-0.05, 0) is 104 Å². The highest BCUT2D eigenvalue weighted by Gasteiger charge is 2.23. The summed E-state index contributed by atoms with van der Waals surface area (Å²) in [6.07, 6.45) is 3.26. The smallest absolute Gasteiger partial charge is 0.326 e. The van der Waals surface area contributed by atoms with Crippen LogP contribution in [0.3, 0.4) is 0 Å². The molecule has 4 aromatic carbocycles. The Bertz CT molecular complexity index is 1680. The van der Waals surface area contributed by atoms with Crippen LogP contribution in [0.25, 0.3) is 33.2 Å². The van der Waals surface area contributed by atoms with Crippen LogP contribution in [0.4, 0.5) is 16.4 Å². The number of hydrogen-bond donors (Lipinski definition) is 2. The number of halogens is 1. The molecule has 1 aromatic heterocycles. The van der Waals surface area contributed by atoms with Gasteiger partial charge < -0.3 is 9.73 Å². The predicted molar refractivity (Wildman–Crippen MR) is 157 cm³/mol. The van der Waals surface area contributed by atoms with Crippen molar-refractivity contribution in [3.63, 3.8) is 0 Å². The second kappa shape index (κ2) is 9.70. The van der Waals surface area contributed by atoms with E-state index < -0.39 is 0 Å². The molecule has 38 heavy (non-hydrogen) atoms. The van der Waals surface area contributed by atoms with Crippen molar-refractivity contribution in [3.8, 4) is 22.3 Å². The normalized spacial score (nSPS) is 12.5. The molecule has 4 nitrogen and oxygen atoms in total. The van der Waals surface area contributed by atoms with E-state index >= 15 is 0 Å². The van der Waals surface area contributed by atoms with Crippen LogP contribution in [0.5, 0.6) is 0 Å². The van der Waals surface area contributed by atoms with Crippen molar-refractivity contribution in [1.29, 1.82) is 0 Å². The first kappa shape index (κ1) is 24.3. The molecule has 6 rings (SSSR count). The number of urea groups is 1. The zero-order valence-electron chi connectivity index (χ0n) is 21.7. The summed E-state index contributed by atoms with van der Waals surface area (Å²) in [6.45, 7) is 6.38. The summed E-state index contributed by atoms with van der Waals surface area (Å²) >= 11 is 6.60. The molecule has 1 aliphatic carbocycles. The molecule has 0 bridgehead atoms. The summed E-state index contributed by atoms with van der Waals surface area (Å²) in [5.74, 6) is 0.386. The van der Waals surface area contributed by atoms with Gasteiger partial charge in [0.25, 0.3) is 0 Å². The highest BCUT2D eigenvalue weighted by atomic mass is 35.5. The lowest BCUT2D eigenvalue weighted by Crippen LogP contribution is -2.19. The Morgan fingerprint density at radius 2 is 1.50 bits per heavy atom. The van der Waals surface area contributed by atoms with E-state index in [1.807, 2.05) is 48.5 Å². The second-order valence-corrected chi connectivity index (χ2v) is 10.6. The third-order valence-corrected chi connectivity index (χ3v) is 7.71. The number of carbonyl (C=O) groups is 1. The van der Waals surface area contributed by atoms with Crippen LogP contribution in [-0.2, 0) is 12.8 Å². The zero-order chi connectivity index (χ0) is 26.4. The van der Waals surface area contributed by atoms with Crippen LogP contribution < -0.4 is 10.6 Å². The van der Waals surface area contributed by atoms with Crippen molar-refractivity contribution < 1.29 is 9.21 Å². The molecule has 1 aliphatic rings. The third kappa shape index (κ3) is 4.46. The van der Waals surface area contributed by atoms with Gasteiger partial charge in [0, 0.05) is 21.7 Å². The molecule has 0 unspecified atom stereocenters. The first-order valence-electron chi connectivity index (χ1n) is 13.0. The number of hydrogen-bond acceptors (Lipinski definition) is 2. The van der Waals surface area contributed by atoms with E-state index in [1.54, 1.807) is 0 Å². The minimum atomic E-state index is -0.375. The maximum absolute atomic E-state index is 13.1. The topological polar surface area (TPSA) is 54.3 Å². The highest BCUT2D eigenvalue weighted by Crippen LogP contribution is 2.43. The summed E-state index contributed by atoms with van der Waals surface area (Å²) in [5, 5.41) is 7.46. The molecule has 2 N–H and O–H groups in total. The average Bonchev–Trinajstić information content (AvgIpc) is 3.46. The number of anilines is 2. The lowest BCUT2D eigenvalue weighted by Gasteiger charge is -2.13. The van der Waals surface area contributed by atoms with Crippen LogP contribution >= 0.6 is 11.6 Å². The first-order chi connectivity index (χ1) is 18.4. The molecule has 1 heterocycles. The van der Waals surface area contributed by atoms with Crippen LogP contribution in [0.15, 0.2) is 77.2 Å². The second-order valence-electron chi connectivity index (χ2n) is 10.2. The van der Waals surface area contributed by atoms with Gasteiger partial charge in [0.1, 0.15) is 5.58 Å². The van der Waals surface area contributed by atoms with Crippen LogP contribution in [0.1, 0.15) is 34.2 Å². The maximum atomic E-state index is 13.1. The summed E-state index contributed by atoms with van der Waals surface area (Å²) in [5.41, 5.74) is 11.8. The quantitative estimate of drug-likeness (QED) is 0.248. The molecule has 0 aliphatic heterocycles. The van der Waals surface area contributed by atoms with E-state index in [0.717, 1.165) is 46.9 Å². The number of benzene rings is 4. The molecule has 0 spiro atoms. The van der Waals surface area contributed by atoms with E-state index in [9.17, 15) is 4.79 Å². The number of fused-ring (bicyclic) bond motifs is 2. The van der Waals surface area contributed by atoms with Gasteiger partial charge in [-0.1, -0.05) is 59.6 Å². The summed E-state index contributed by atoms with van der Waals surface area (Å²) in [6, 6.07) is 23.9. The number of amides is 2. The average molecular weight is 521 g/mol. The van der Waals surface area contributed by atoms with Crippen LogP contribution in [0.2, 0.25) is 5.02 Å². The number of aryl methyl sites for hydroxylation is 5. The highest BCUT2D eigenvalue weighted by molar-refractivity contribution is 6.34. The van der Waals surface area contributed by atoms with E-state index in [0.29, 0.717) is 16.6 Å². The minimum absolute atomic E-state index is 0.375. The van der Waals surface area contributed by atoms with Crippen molar-refractivity contribution in [2.75, 3.05) is 10.6 Å². The molecule has 5 aromatic rings. The molecule has 0 saturated carbocycles. The molecule has 0 saturated heterocycles. The van der Waals surface area contributed by atoms with Gasteiger partial charge in [-0.3, -0.25) is 5.32 Å². The molecular weight excluding hydrogens is 492 g/mol. The minimum Gasteiger partial charge on any atom is -0.440 e. The van der Waals surface area contributed by atoms with Crippen LogP contribution in [0, 0.1) is 20.8 Å². The van der Waals surface area contributed by atoms with Gasteiger partial charge in [0.15, 0.2) is 0 Å². The van der Waals surface area contributed by atoms with E-state index in [4.69, 9.17) is 16.0 Å². The standard InChI is InChI=1S/C33H29ClN2O2/c1-19-15-20(2)30(21(3)16-19)22-11-13-25(14-12-22)35-33(37)36-32-31(26-9-4-5-10-28(26)34)27-17-23-7-6-8-24(23)18-29(27)38-32/h4-5,9-18H,6-8H2,1-3H3,(H2,35,36,37). The molecule has 190 valence electrons. The molecule has 0 radical (unpaired) electrons. The Hall–Kier alpha value is -4.02. The third-order valence-electron chi connectivity index (χ3n) is 7.38. The molecule has 2 amide bonds. The fourth-order valence-electron chi connectivity index (χ4n) is 5.81. The van der Waals surface area contributed by atoms with Gasteiger partial charge in [-0.2, -0.15) is 0 Å². The van der Waals surface area contributed by atoms with E-state index in [1.165, 1.54) is 33.4 Å². The maximum Gasteiger partial charge on any atom is 0.326 e. The Morgan fingerprint density at radius 1 is 0.816 bits per heavy atom. The van der Waals surface area contributed by atoms with Crippen molar-refractivity contribution in [2.24, 2.45) is 0 Å².